The van der Waals surface area contributed by atoms with E-state index >= 15 is 0 Å². The van der Waals surface area contributed by atoms with Gasteiger partial charge in [-0.25, -0.2) is 9.37 Å². The van der Waals surface area contributed by atoms with Crippen LogP contribution in [-0.4, -0.2) is 14.2 Å². The average Bonchev–Trinajstić information content (AvgIpc) is 2.85. The lowest BCUT2D eigenvalue weighted by atomic mass is 10.2. The van der Waals surface area contributed by atoms with Crippen molar-refractivity contribution in [2.24, 2.45) is 0 Å². The molecule has 1 heterocycles. The first-order valence-corrected chi connectivity index (χ1v) is 7.80. The zero-order valence-corrected chi connectivity index (χ0v) is 12.3. The molecule has 1 unspecified atom stereocenters. The SMILES string of the molecule is Nc1ccc2nc(S(=O)Cc3ccc(F)cc3Cl)[nH]c2c1. The van der Waals surface area contributed by atoms with Gasteiger partial charge in [-0.15, -0.1) is 0 Å². The number of nitrogens with two attached hydrogens (primary N) is 1. The van der Waals surface area contributed by atoms with Crippen molar-refractivity contribution in [3.05, 3.63) is 52.8 Å². The molecule has 0 fully saturated rings. The second kappa shape index (κ2) is 5.46. The molecule has 4 nitrogen and oxygen atoms in total. The highest BCUT2D eigenvalue weighted by Crippen LogP contribution is 2.22. The van der Waals surface area contributed by atoms with Crippen LogP contribution in [0.5, 0.6) is 0 Å². The number of H-pyrrole nitrogens is 1. The number of nitrogens with zero attached hydrogens (tertiary/aromatic N) is 1. The van der Waals surface area contributed by atoms with Crippen LogP contribution in [-0.2, 0) is 16.6 Å². The summed E-state index contributed by atoms with van der Waals surface area (Å²) in [6, 6.07) is 9.23. The summed E-state index contributed by atoms with van der Waals surface area (Å²) in [5, 5.41) is 0.597. The van der Waals surface area contributed by atoms with E-state index in [-0.39, 0.29) is 10.8 Å². The molecule has 1 aromatic heterocycles. The van der Waals surface area contributed by atoms with E-state index in [0.717, 1.165) is 5.52 Å². The van der Waals surface area contributed by atoms with Crippen LogP contribution in [0.1, 0.15) is 5.56 Å². The molecule has 0 aliphatic carbocycles. The number of halogens is 2. The lowest BCUT2D eigenvalue weighted by Gasteiger charge is -2.02. The van der Waals surface area contributed by atoms with Crippen molar-refractivity contribution in [2.45, 2.75) is 10.9 Å². The van der Waals surface area contributed by atoms with Gasteiger partial charge in [0.1, 0.15) is 5.82 Å². The number of imidazole rings is 1. The summed E-state index contributed by atoms with van der Waals surface area (Å²) >= 11 is 5.94. The zero-order valence-electron chi connectivity index (χ0n) is 10.8. The molecule has 0 bridgehead atoms. The Labute approximate surface area is 127 Å². The predicted octanol–water partition coefficient (Wildman–Crippen LogP) is 3.25. The van der Waals surface area contributed by atoms with Crippen LogP contribution in [0, 0.1) is 5.82 Å². The molecule has 0 saturated heterocycles. The molecule has 0 aliphatic heterocycles. The van der Waals surface area contributed by atoms with Crippen molar-refractivity contribution in [3.63, 3.8) is 0 Å². The molecule has 0 spiro atoms. The second-order valence-electron chi connectivity index (χ2n) is 4.54. The van der Waals surface area contributed by atoms with E-state index in [0.29, 0.717) is 21.9 Å². The van der Waals surface area contributed by atoms with Gasteiger partial charge in [0.2, 0.25) is 0 Å². The first-order valence-electron chi connectivity index (χ1n) is 6.10. The molecular formula is C14H11ClFN3OS. The fourth-order valence-corrected chi connectivity index (χ4v) is 3.37. The van der Waals surface area contributed by atoms with Gasteiger partial charge < -0.3 is 10.7 Å². The largest absolute Gasteiger partial charge is 0.399 e. The molecule has 0 amide bonds. The minimum absolute atomic E-state index is 0.161. The van der Waals surface area contributed by atoms with Crippen molar-refractivity contribution < 1.29 is 8.60 Å². The third-order valence-corrected chi connectivity index (χ3v) is 4.55. The quantitative estimate of drug-likeness (QED) is 0.727. The van der Waals surface area contributed by atoms with Crippen LogP contribution in [0.2, 0.25) is 5.02 Å². The first kappa shape index (κ1) is 14.0. The number of anilines is 1. The fraction of sp³-hybridized carbons (Fsp3) is 0.0714. The van der Waals surface area contributed by atoms with Gasteiger partial charge >= 0.3 is 0 Å². The second-order valence-corrected chi connectivity index (χ2v) is 6.32. The van der Waals surface area contributed by atoms with Gasteiger partial charge in [-0.1, -0.05) is 17.7 Å². The van der Waals surface area contributed by atoms with Crippen molar-refractivity contribution in [1.29, 1.82) is 0 Å². The van der Waals surface area contributed by atoms with Gasteiger partial charge in [0.15, 0.2) is 5.16 Å². The molecule has 3 N–H and O–H groups in total. The number of aromatic nitrogens is 2. The topological polar surface area (TPSA) is 71.8 Å². The Hall–Kier alpha value is -1.92. The lowest BCUT2D eigenvalue weighted by Crippen LogP contribution is -1.99. The van der Waals surface area contributed by atoms with Gasteiger partial charge in [-0.05, 0) is 35.9 Å². The van der Waals surface area contributed by atoms with Gasteiger partial charge in [0.25, 0.3) is 0 Å². The predicted molar refractivity (Wildman–Crippen MR) is 82.0 cm³/mol. The molecule has 2 aromatic carbocycles. The summed E-state index contributed by atoms with van der Waals surface area (Å²) in [5.41, 5.74) is 8.32. The maximum absolute atomic E-state index is 13.0. The van der Waals surface area contributed by atoms with E-state index < -0.39 is 16.6 Å². The van der Waals surface area contributed by atoms with Gasteiger partial charge in [-0.3, -0.25) is 4.21 Å². The number of hydrogen-bond donors (Lipinski definition) is 2. The lowest BCUT2D eigenvalue weighted by molar-refractivity contribution is 0.627. The van der Waals surface area contributed by atoms with Crippen molar-refractivity contribution in [2.75, 3.05) is 5.73 Å². The smallest absolute Gasteiger partial charge is 0.197 e. The molecule has 3 aromatic rings. The highest BCUT2D eigenvalue weighted by Gasteiger charge is 2.13. The molecule has 108 valence electrons. The highest BCUT2D eigenvalue weighted by atomic mass is 35.5. The van der Waals surface area contributed by atoms with E-state index in [2.05, 4.69) is 9.97 Å². The van der Waals surface area contributed by atoms with E-state index in [1.54, 1.807) is 18.2 Å². The monoisotopic (exact) mass is 323 g/mol. The van der Waals surface area contributed by atoms with Crippen LogP contribution >= 0.6 is 11.6 Å². The Morgan fingerprint density at radius 2 is 2.10 bits per heavy atom. The normalized spacial score (nSPS) is 12.7. The third kappa shape index (κ3) is 2.91. The van der Waals surface area contributed by atoms with Gasteiger partial charge in [0, 0.05) is 10.7 Å². The summed E-state index contributed by atoms with van der Waals surface area (Å²) in [6.45, 7) is 0. The number of benzene rings is 2. The summed E-state index contributed by atoms with van der Waals surface area (Å²) in [5.74, 6) is -0.261. The molecule has 21 heavy (non-hydrogen) atoms. The van der Waals surface area contributed by atoms with E-state index in [1.165, 1.54) is 18.2 Å². The van der Waals surface area contributed by atoms with Gasteiger partial charge in [-0.2, -0.15) is 0 Å². The van der Waals surface area contributed by atoms with Crippen molar-refractivity contribution in [3.8, 4) is 0 Å². The molecular weight excluding hydrogens is 313 g/mol. The van der Waals surface area contributed by atoms with Crippen LogP contribution in [0.15, 0.2) is 41.6 Å². The third-order valence-electron chi connectivity index (χ3n) is 3.00. The minimum Gasteiger partial charge on any atom is -0.399 e. The number of hydrogen-bond acceptors (Lipinski definition) is 3. The number of fused-ring (bicyclic) bond motifs is 1. The minimum atomic E-state index is -1.40. The van der Waals surface area contributed by atoms with Crippen molar-refractivity contribution >= 4 is 39.1 Å². The van der Waals surface area contributed by atoms with E-state index in [4.69, 9.17) is 17.3 Å². The molecule has 1 atom stereocenters. The van der Waals surface area contributed by atoms with Crippen LogP contribution in [0.25, 0.3) is 11.0 Å². The molecule has 0 saturated carbocycles. The summed E-state index contributed by atoms with van der Waals surface area (Å²) in [4.78, 5) is 7.25. The maximum atomic E-state index is 13.0. The van der Waals surface area contributed by atoms with Gasteiger partial charge in [0.05, 0.1) is 27.6 Å². The van der Waals surface area contributed by atoms with Crippen LogP contribution < -0.4 is 5.73 Å². The van der Waals surface area contributed by atoms with Crippen molar-refractivity contribution in [1.82, 2.24) is 9.97 Å². The zero-order chi connectivity index (χ0) is 15.0. The molecule has 7 heteroatoms. The van der Waals surface area contributed by atoms with Crippen LogP contribution in [0.4, 0.5) is 10.1 Å². The number of nitrogen functional groups attached to an aromatic ring is 1. The standard InChI is InChI=1S/C14H11ClFN3OS/c15-11-5-9(16)2-1-8(11)7-21(20)14-18-12-4-3-10(17)6-13(12)19-14/h1-6H,7,17H2,(H,18,19). The number of nitrogens with one attached hydrogen (secondary N) is 1. The van der Waals surface area contributed by atoms with E-state index in [9.17, 15) is 8.60 Å². The Balaban J connectivity index is 1.89. The Bertz CT molecular complexity index is 849. The average molecular weight is 324 g/mol. The summed E-state index contributed by atoms with van der Waals surface area (Å²) in [6.07, 6.45) is 0. The Kier molecular flexibility index (Phi) is 3.65. The fourth-order valence-electron chi connectivity index (χ4n) is 1.96. The van der Waals surface area contributed by atoms with E-state index in [1.807, 2.05) is 0 Å². The molecule has 0 aliphatic rings. The molecule has 3 rings (SSSR count). The Morgan fingerprint density at radius 3 is 2.86 bits per heavy atom. The Morgan fingerprint density at radius 1 is 1.29 bits per heavy atom. The maximum Gasteiger partial charge on any atom is 0.197 e. The highest BCUT2D eigenvalue weighted by molar-refractivity contribution is 7.84. The van der Waals surface area contributed by atoms with Crippen LogP contribution in [0.3, 0.4) is 0 Å². The summed E-state index contributed by atoms with van der Waals surface area (Å²) < 4.78 is 25.3. The number of aromatic amines is 1. The first-order chi connectivity index (χ1) is 10.0. The summed E-state index contributed by atoms with van der Waals surface area (Å²) in [7, 11) is -1.40. The number of rotatable bonds is 3. The molecule has 0 radical (unpaired) electrons.